The minimum Gasteiger partial charge on any atom is -0.369 e. The number of halogens is 1. The molecule has 3 aromatic rings. The van der Waals surface area contributed by atoms with Crippen LogP contribution in [0.25, 0.3) is 0 Å². The molecule has 29 heavy (non-hydrogen) atoms. The second-order valence-corrected chi connectivity index (χ2v) is 9.26. The van der Waals surface area contributed by atoms with Gasteiger partial charge in [0.1, 0.15) is 6.04 Å². The third kappa shape index (κ3) is 3.91. The van der Waals surface area contributed by atoms with Gasteiger partial charge in [0.15, 0.2) is 5.82 Å². The fraction of sp³-hybridized carbons (Fsp3) is 0.476. The molecule has 0 N–H and O–H groups in total. The molecule has 2 aromatic heterocycles. The van der Waals surface area contributed by atoms with Gasteiger partial charge >= 0.3 is 0 Å². The molecule has 152 valence electrons. The number of nitrogens with zero attached hydrogens (tertiary/aromatic N) is 6. The van der Waals surface area contributed by atoms with Crippen molar-refractivity contribution >= 4 is 28.6 Å². The first-order valence-corrected chi connectivity index (χ1v) is 11.6. The molecule has 1 saturated heterocycles. The summed E-state index contributed by atoms with van der Waals surface area (Å²) >= 11 is 7.99. The zero-order chi connectivity index (χ0) is 19.6. The predicted molar refractivity (Wildman–Crippen MR) is 117 cm³/mol. The number of hydrogen-bond acceptors (Lipinski definition) is 6. The Morgan fingerprint density at radius 1 is 1.03 bits per heavy atom. The van der Waals surface area contributed by atoms with E-state index in [2.05, 4.69) is 59.7 Å². The van der Waals surface area contributed by atoms with Crippen LogP contribution >= 0.6 is 22.9 Å². The van der Waals surface area contributed by atoms with Gasteiger partial charge in [-0.2, -0.15) is 0 Å². The summed E-state index contributed by atoms with van der Waals surface area (Å²) in [6.45, 7) is 3.86. The summed E-state index contributed by atoms with van der Waals surface area (Å²) in [7, 11) is 0. The third-order valence-corrected chi connectivity index (χ3v) is 7.26. The summed E-state index contributed by atoms with van der Waals surface area (Å²) < 4.78 is 2.11. The highest BCUT2D eigenvalue weighted by Crippen LogP contribution is 2.36. The molecule has 6 nitrogen and oxygen atoms in total. The Balaban J connectivity index is 1.39. The van der Waals surface area contributed by atoms with E-state index in [0.29, 0.717) is 6.04 Å². The minimum atomic E-state index is 0.118. The maximum atomic E-state index is 6.20. The smallest absolute Gasteiger partial charge is 0.174 e. The Morgan fingerprint density at radius 2 is 1.86 bits per heavy atom. The minimum absolute atomic E-state index is 0.118. The SMILES string of the molecule is Clc1cccc(N2CCN([C@@H](c3cccs3)c3nnnn3C3CCCC3)CC2)c1. The standard InChI is InChI=1S/C21H25ClN6S/c22-16-5-3-8-18(15-16)26-10-12-27(13-11-26)20(19-9-4-14-29-19)21-23-24-25-28(21)17-6-1-2-7-17/h3-5,8-9,14-15,17,20H,1-2,6-7,10-13H2/t20-/m0/s1. The molecule has 2 aliphatic rings. The molecule has 1 atom stereocenters. The number of anilines is 1. The van der Waals surface area contributed by atoms with Gasteiger partial charge in [0.2, 0.25) is 0 Å². The molecule has 3 heterocycles. The van der Waals surface area contributed by atoms with E-state index in [0.717, 1.165) is 37.0 Å². The first-order chi connectivity index (χ1) is 14.3. The molecular weight excluding hydrogens is 404 g/mol. The van der Waals surface area contributed by atoms with Crippen molar-refractivity contribution in [2.45, 2.75) is 37.8 Å². The van der Waals surface area contributed by atoms with Crippen LogP contribution in [0.3, 0.4) is 0 Å². The molecule has 2 fully saturated rings. The van der Waals surface area contributed by atoms with Gasteiger partial charge in [0.25, 0.3) is 0 Å². The van der Waals surface area contributed by atoms with Gasteiger partial charge in [-0.05, 0) is 52.9 Å². The Morgan fingerprint density at radius 3 is 2.59 bits per heavy atom. The molecule has 0 radical (unpaired) electrons. The number of piperazine rings is 1. The van der Waals surface area contributed by atoms with Crippen molar-refractivity contribution in [1.29, 1.82) is 0 Å². The molecule has 8 heteroatoms. The highest BCUT2D eigenvalue weighted by molar-refractivity contribution is 7.10. The average Bonchev–Trinajstić information content (AvgIpc) is 3.51. The van der Waals surface area contributed by atoms with Crippen molar-refractivity contribution in [2.24, 2.45) is 0 Å². The van der Waals surface area contributed by atoms with Crippen LogP contribution in [0.4, 0.5) is 5.69 Å². The lowest BCUT2D eigenvalue weighted by molar-refractivity contribution is 0.200. The first kappa shape index (κ1) is 19.0. The van der Waals surface area contributed by atoms with Gasteiger partial charge in [0.05, 0.1) is 6.04 Å². The van der Waals surface area contributed by atoms with Gasteiger partial charge in [0, 0.05) is 41.8 Å². The fourth-order valence-electron chi connectivity index (χ4n) is 4.62. The lowest BCUT2D eigenvalue weighted by Gasteiger charge is -2.39. The molecular formula is C21H25ClN6S. The number of tetrazole rings is 1. The zero-order valence-electron chi connectivity index (χ0n) is 16.3. The Kier molecular flexibility index (Phi) is 5.52. The van der Waals surface area contributed by atoms with Crippen LogP contribution in [0.15, 0.2) is 41.8 Å². The third-order valence-electron chi connectivity index (χ3n) is 6.10. The van der Waals surface area contributed by atoms with Crippen molar-refractivity contribution in [3.63, 3.8) is 0 Å². The van der Waals surface area contributed by atoms with Crippen LogP contribution in [0.2, 0.25) is 5.02 Å². The topological polar surface area (TPSA) is 50.1 Å². The predicted octanol–water partition coefficient (Wildman–Crippen LogP) is 4.41. The highest BCUT2D eigenvalue weighted by Gasteiger charge is 2.33. The van der Waals surface area contributed by atoms with Crippen LogP contribution in [-0.2, 0) is 0 Å². The largest absolute Gasteiger partial charge is 0.369 e. The van der Waals surface area contributed by atoms with E-state index < -0.39 is 0 Å². The van der Waals surface area contributed by atoms with E-state index in [1.807, 2.05) is 12.1 Å². The number of thiophene rings is 1. The summed E-state index contributed by atoms with van der Waals surface area (Å²) in [4.78, 5) is 6.26. The number of hydrogen-bond donors (Lipinski definition) is 0. The summed E-state index contributed by atoms with van der Waals surface area (Å²) in [5, 5.41) is 15.9. The molecule has 5 rings (SSSR count). The van der Waals surface area contributed by atoms with E-state index in [9.17, 15) is 0 Å². The van der Waals surface area contributed by atoms with E-state index in [4.69, 9.17) is 11.6 Å². The molecule has 0 bridgehead atoms. The van der Waals surface area contributed by atoms with Crippen LogP contribution in [0, 0.1) is 0 Å². The molecule has 1 aromatic carbocycles. The monoisotopic (exact) mass is 428 g/mol. The summed E-state index contributed by atoms with van der Waals surface area (Å²) in [5.41, 5.74) is 1.20. The fourth-order valence-corrected chi connectivity index (χ4v) is 5.66. The lowest BCUT2D eigenvalue weighted by Crippen LogP contribution is -2.48. The van der Waals surface area contributed by atoms with Crippen molar-refractivity contribution in [3.8, 4) is 0 Å². The van der Waals surface area contributed by atoms with E-state index in [1.54, 1.807) is 11.3 Å². The second kappa shape index (κ2) is 8.42. The van der Waals surface area contributed by atoms with Crippen molar-refractivity contribution < 1.29 is 0 Å². The molecule has 1 aliphatic carbocycles. The molecule has 1 aliphatic heterocycles. The number of aromatic nitrogens is 4. The number of benzene rings is 1. The number of rotatable bonds is 5. The Hall–Kier alpha value is -1.96. The summed E-state index contributed by atoms with van der Waals surface area (Å²) in [5.74, 6) is 0.996. The maximum absolute atomic E-state index is 6.20. The maximum Gasteiger partial charge on any atom is 0.174 e. The zero-order valence-corrected chi connectivity index (χ0v) is 17.9. The van der Waals surface area contributed by atoms with Gasteiger partial charge in [-0.15, -0.1) is 16.4 Å². The quantitative estimate of drug-likeness (QED) is 0.602. The van der Waals surface area contributed by atoms with Crippen molar-refractivity contribution in [2.75, 3.05) is 31.1 Å². The highest BCUT2D eigenvalue weighted by atomic mass is 35.5. The van der Waals surface area contributed by atoms with Crippen molar-refractivity contribution in [1.82, 2.24) is 25.1 Å². The normalized spacial score (nSPS) is 19.7. The molecule has 0 amide bonds. The van der Waals surface area contributed by atoms with Crippen LogP contribution < -0.4 is 4.90 Å². The molecule has 1 saturated carbocycles. The van der Waals surface area contributed by atoms with Gasteiger partial charge in [-0.3, -0.25) is 4.90 Å². The van der Waals surface area contributed by atoms with Crippen molar-refractivity contribution in [3.05, 3.63) is 57.5 Å². The van der Waals surface area contributed by atoms with Crippen LogP contribution in [-0.4, -0.2) is 51.3 Å². The van der Waals surface area contributed by atoms with Gasteiger partial charge in [-0.25, -0.2) is 4.68 Å². The first-order valence-electron chi connectivity index (χ1n) is 10.4. The Labute approximate surface area is 180 Å². The Bertz CT molecular complexity index is 928. The lowest BCUT2D eigenvalue weighted by atomic mass is 10.1. The van der Waals surface area contributed by atoms with Gasteiger partial charge in [-0.1, -0.05) is 36.6 Å². The van der Waals surface area contributed by atoms with E-state index in [1.165, 1.54) is 36.2 Å². The summed E-state index contributed by atoms with van der Waals surface area (Å²) in [6.07, 6.45) is 4.90. The second-order valence-electron chi connectivity index (χ2n) is 7.84. The van der Waals surface area contributed by atoms with Gasteiger partial charge < -0.3 is 4.90 Å². The molecule has 0 spiro atoms. The summed E-state index contributed by atoms with van der Waals surface area (Å²) in [6, 6.07) is 13.0. The average molecular weight is 429 g/mol. The van der Waals surface area contributed by atoms with E-state index in [-0.39, 0.29) is 6.04 Å². The van der Waals surface area contributed by atoms with Crippen LogP contribution in [0.1, 0.15) is 48.5 Å². The van der Waals surface area contributed by atoms with E-state index >= 15 is 0 Å². The molecule has 0 unspecified atom stereocenters. The van der Waals surface area contributed by atoms with Crippen LogP contribution in [0.5, 0.6) is 0 Å².